The number of carboxylic acids is 1. The molecular weight excluding hydrogens is 290 g/mol. The molecule has 0 saturated heterocycles. The smallest absolute Gasteiger partial charge is 0.354 e. The highest BCUT2D eigenvalue weighted by molar-refractivity contribution is 6.30. The average molecular weight is 304 g/mol. The molecule has 2 N–H and O–H groups in total. The van der Waals surface area contributed by atoms with Crippen LogP contribution in [-0.4, -0.2) is 27.1 Å². The highest BCUT2D eigenvalue weighted by Crippen LogP contribution is 2.24. The molecule has 1 saturated carbocycles. The molecule has 5 nitrogen and oxygen atoms in total. The van der Waals surface area contributed by atoms with Gasteiger partial charge in [0.05, 0.1) is 0 Å². The molecule has 1 aromatic carbocycles. The highest BCUT2D eigenvalue weighted by atomic mass is 35.5. The second kappa shape index (κ2) is 5.69. The monoisotopic (exact) mass is 303 g/mol. The molecule has 0 bridgehead atoms. The van der Waals surface area contributed by atoms with E-state index in [0.29, 0.717) is 29.1 Å². The van der Waals surface area contributed by atoms with Gasteiger partial charge in [-0.3, -0.25) is 0 Å². The first-order valence-corrected chi connectivity index (χ1v) is 7.10. The number of rotatable bonds is 5. The van der Waals surface area contributed by atoms with Gasteiger partial charge in [0.1, 0.15) is 11.6 Å². The van der Waals surface area contributed by atoms with Crippen LogP contribution >= 0.6 is 11.6 Å². The van der Waals surface area contributed by atoms with Gasteiger partial charge in [0.2, 0.25) is 0 Å². The van der Waals surface area contributed by atoms with E-state index >= 15 is 0 Å². The third-order valence-corrected chi connectivity index (χ3v) is 3.45. The van der Waals surface area contributed by atoms with E-state index in [4.69, 9.17) is 16.7 Å². The average Bonchev–Trinajstić information content (AvgIpc) is 3.25. The fourth-order valence-corrected chi connectivity index (χ4v) is 2.11. The van der Waals surface area contributed by atoms with Crippen molar-refractivity contribution in [1.82, 2.24) is 9.97 Å². The zero-order valence-corrected chi connectivity index (χ0v) is 12.0. The second-order valence-electron chi connectivity index (χ2n) is 5.08. The van der Waals surface area contributed by atoms with Crippen molar-refractivity contribution in [2.45, 2.75) is 25.3 Å². The van der Waals surface area contributed by atoms with Crippen LogP contribution < -0.4 is 5.32 Å². The number of halogens is 1. The molecule has 2 aromatic rings. The van der Waals surface area contributed by atoms with E-state index in [2.05, 4.69) is 15.3 Å². The molecule has 1 aromatic heterocycles. The molecule has 1 fully saturated rings. The number of benzene rings is 1. The molecule has 0 amide bonds. The number of carbonyl (C=O) groups is 1. The lowest BCUT2D eigenvalue weighted by Gasteiger charge is -2.08. The summed E-state index contributed by atoms with van der Waals surface area (Å²) >= 11 is 5.85. The van der Waals surface area contributed by atoms with Crippen molar-refractivity contribution in [3.05, 3.63) is 52.4 Å². The van der Waals surface area contributed by atoms with Gasteiger partial charge in [0, 0.05) is 23.6 Å². The van der Waals surface area contributed by atoms with Crippen LogP contribution in [-0.2, 0) is 6.42 Å². The van der Waals surface area contributed by atoms with Crippen LogP contribution in [0.4, 0.5) is 5.82 Å². The first kappa shape index (κ1) is 13.8. The Morgan fingerprint density at radius 2 is 2.00 bits per heavy atom. The predicted octanol–water partition coefficient (Wildman–Crippen LogP) is 2.99. The molecule has 0 spiro atoms. The highest BCUT2D eigenvalue weighted by Gasteiger charge is 2.22. The fraction of sp³-hybridized carbons (Fsp3) is 0.267. The van der Waals surface area contributed by atoms with Gasteiger partial charge >= 0.3 is 5.97 Å². The van der Waals surface area contributed by atoms with E-state index in [1.807, 2.05) is 12.1 Å². The molecule has 1 heterocycles. The maximum atomic E-state index is 11.2. The van der Waals surface area contributed by atoms with Gasteiger partial charge in [-0.2, -0.15) is 0 Å². The summed E-state index contributed by atoms with van der Waals surface area (Å²) in [5.74, 6) is 0.0165. The summed E-state index contributed by atoms with van der Waals surface area (Å²) in [6.45, 7) is 0. The van der Waals surface area contributed by atoms with Gasteiger partial charge in [-0.25, -0.2) is 14.8 Å². The number of hydrogen-bond acceptors (Lipinski definition) is 4. The van der Waals surface area contributed by atoms with Gasteiger partial charge in [0.15, 0.2) is 5.69 Å². The van der Waals surface area contributed by atoms with Crippen LogP contribution in [0.15, 0.2) is 30.3 Å². The zero-order valence-electron chi connectivity index (χ0n) is 11.2. The predicted molar refractivity (Wildman–Crippen MR) is 79.9 cm³/mol. The van der Waals surface area contributed by atoms with Crippen molar-refractivity contribution in [3.8, 4) is 0 Å². The minimum Gasteiger partial charge on any atom is -0.477 e. The van der Waals surface area contributed by atoms with E-state index in [1.165, 1.54) is 6.07 Å². The van der Waals surface area contributed by atoms with Crippen LogP contribution in [0, 0.1) is 0 Å². The molecule has 1 aliphatic rings. The molecular formula is C15H14ClN3O2. The van der Waals surface area contributed by atoms with Crippen LogP contribution in [0.25, 0.3) is 0 Å². The molecule has 6 heteroatoms. The Hall–Kier alpha value is -2.14. The van der Waals surface area contributed by atoms with Gasteiger partial charge in [-0.05, 0) is 30.5 Å². The van der Waals surface area contributed by atoms with Gasteiger partial charge in [0.25, 0.3) is 0 Å². The van der Waals surface area contributed by atoms with Crippen molar-refractivity contribution in [2.24, 2.45) is 0 Å². The zero-order chi connectivity index (χ0) is 14.8. The maximum Gasteiger partial charge on any atom is 0.354 e. The minimum atomic E-state index is -1.05. The van der Waals surface area contributed by atoms with Gasteiger partial charge < -0.3 is 10.4 Å². The van der Waals surface area contributed by atoms with Crippen LogP contribution in [0.2, 0.25) is 5.02 Å². The summed E-state index contributed by atoms with van der Waals surface area (Å²) < 4.78 is 0. The summed E-state index contributed by atoms with van der Waals surface area (Å²) in [4.78, 5) is 19.7. The van der Waals surface area contributed by atoms with E-state index in [9.17, 15) is 4.79 Å². The summed E-state index contributed by atoms with van der Waals surface area (Å²) in [7, 11) is 0. The summed E-state index contributed by atoms with van der Waals surface area (Å²) in [6, 6.07) is 9.24. The SMILES string of the molecule is O=C(O)c1cc(NC2CC2)nc(Cc2ccc(Cl)cc2)n1. The lowest BCUT2D eigenvalue weighted by atomic mass is 10.1. The van der Waals surface area contributed by atoms with Crippen LogP contribution in [0.1, 0.15) is 34.7 Å². The van der Waals surface area contributed by atoms with Gasteiger partial charge in [-0.1, -0.05) is 23.7 Å². The number of nitrogens with zero attached hydrogens (tertiary/aromatic N) is 2. The maximum absolute atomic E-state index is 11.2. The normalized spacial score (nSPS) is 14.0. The first-order chi connectivity index (χ1) is 10.1. The minimum absolute atomic E-state index is 0.0112. The molecule has 1 aliphatic carbocycles. The number of carboxylic acid groups (broad SMARTS) is 1. The number of anilines is 1. The Morgan fingerprint density at radius 1 is 1.29 bits per heavy atom. The Labute approximate surface area is 127 Å². The molecule has 3 rings (SSSR count). The summed E-state index contributed by atoms with van der Waals surface area (Å²) in [5, 5.41) is 13.0. The third kappa shape index (κ3) is 3.70. The number of nitrogens with one attached hydrogen (secondary N) is 1. The standard InChI is InChI=1S/C15H14ClN3O2/c16-10-3-1-9(2-4-10)7-13-18-12(15(20)21)8-14(19-13)17-11-5-6-11/h1-4,8,11H,5-7H2,(H,20,21)(H,17,18,19). The topological polar surface area (TPSA) is 75.1 Å². The lowest BCUT2D eigenvalue weighted by Crippen LogP contribution is -2.11. The number of hydrogen-bond donors (Lipinski definition) is 2. The number of aromatic carboxylic acids is 1. The van der Waals surface area contributed by atoms with Crippen molar-refractivity contribution >= 4 is 23.4 Å². The van der Waals surface area contributed by atoms with E-state index in [1.54, 1.807) is 12.1 Å². The Morgan fingerprint density at radius 3 is 2.62 bits per heavy atom. The first-order valence-electron chi connectivity index (χ1n) is 6.72. The Balaban J connectivity index is 1.86. The molecule has 108 valence electrons. The fourth-order valence-electron chi connectivity index (χ4n) is 1.98. The van der Waals surface area contributed by atoms with Crippen molar-refractivity contribution < 1.29 is 9.90 Å². The van der Waals surface area contributed by atoms with Crippen LogP contribution in [0.3, 0.4) is 0 Å². The van der Waals surface area contributed by atoms with Crippen molar-refractivity contribution in [3.63, 3.8) is 0 Å². The summed E-state index contributed by atoms with van der Waals surface area (Å²) in [6.07, 6.45) is 2.66. The Bertz CT molecular complexity index is 669. The molecule has 21 heavy (non-hydrogen) atoms. The second-order valence-corrected chi connectivity index (χ2v) is 5.52. The van der Waals surface area contributed by atoms with Gasteiger partial charge in [-0.15, -0.1) is 0 Å². The van der Waals surface area contributed by atoms with E-state index in [-0.39, 0.29) is 5.69 Å². The molecule has 0 unspecified atom stereocenters. The molecule has 0 aliphatic heterocycles. The summed E-state index contributed by atoms with van der Waals surface area (Å²) in [5.41, 5.74) is 0.997. The van der Waals surface area contributed by atoms with Crippen LogP contribution in [0.5, 0.6) is 0 Å². The molecule has 0 atom stereocenters. The largest absolute Gasteiger partial charge is 0.477 e. The Kier molecular flexibility index (Phi) is 3.75. The molecule has 0 radical (unpaired) electrons. The van der Waals surface area contributed by atoms with E-state index in [0.717, 1.165) is 18.4 Å². The quantitative estimate of drug-likeness (QED) is 0.888. The number of aromatic nitrogens is 2. The van der Waals surface area contributed by atoms with Crippen molar-refractivity contribution in [2.75, 3.05) is 5.32 Å². The third-order valence-electron chi connectivity index (χ3n) is 3.20. The lowest BCUT2D eigenvalue weighted by molar-refractivity contribution is 0.0690. The van der Waals surface area contributed by atoms with Crippen molar-refractivity contribution in [1.29, 1.82) is 0 Å². The van der Waals surface area contributed by atoms with E-state index < -0.39 is 5.97 Å².